The monoisotopic (exact) mass is 311 g/mol. The molecule has 23 heavy (non-hydrogen) atoms. The molecule has 0 spiro atoms. The van der Waals surface area contributed by atoms with E-state index in [4.69, 9.17) is 0 Å². The molecule has 3 heteroatoms. The fourth-order valence-electron chi connectivity index (χ4n) is 2.55. The summed E-state index contributed by atoms with van der Waals surface area (Å²) in [4.78, 5) is 12.3. The molecule has 0 aliphatic carbocycles. The molecule has 122 valence electrons. The summed E-state index contributed by atoms with van der Waals surface area (Å²) in [7, 11) is 0. The molecule has 1 amide bonds. The fraction of sp³-hybridized carbons (Fsp3) is 0.350. The third-order valence-electron chi connectivity index (χ3n) is 3.85. The van der Waals surface area contributed by atoms with Crippen LogP contribution in [0.15, 0.2) is 60.7 Å². The van der Waals surface area contributed by atoms with Gasteiger partial charge in [0.05, 0.1) is 12.6 Å². The second kappa shape index (κ2) is 9.11. The minimum atomic E-state index is -0.0941. The van der Waals surface area contributed by atoms with Crippen LogP contribution in [0.5, 0.6) is 0 Å². The lowest BCUT2D eigenvalue weighted by atomic mass is 9.99. The quantitative estimate of drug-likeness (QED) is 0.723. The highest BCUT2D eigenvalue weighted by Gasteiger charge is 2.17. The molecule has 0 atom stereocenters. The van der Waals surface area contributed by atoms with Gasteiger partial charge in [-0.05, 0) is 23.5 Å². The molecule has 0 bridgehead atoms. The minimum absolute atomic E-state index is 0.0754. The summed E-state index contributed by atoms with van der Waals surface area (Å²) in [6, 6.07) is 20.1. The molecule has 3 N–H and O–H groups in total. The molecule has 0 aliphatic rings. The van der Waals surface area contributed by atoms with Gasteiger partial charge in [-0.25, -0.2) is 0 Å². The Labute approximate surface area is 139 Å². The maximum atomic E-state index is 12.3. The van der Waals surface area contributed by atoms with Crippen molar-refractivity contribution < 1.29 is 10.1 Å². The van der Waals surface area contributed by atoms with Gasteiger partial charge in [0, 0.05) is 0 Å². The van der Waals surface area contributed by atoms with Gasteiger partial charge in [-0.2, -0.15) is 0 Å². The number of quaternary nitrogens is 1. The summed E-state index contributed by atoms with van der Waals surface area (Å²) in [5.41, 5.74) is 2.21. The highest BCUT2D eigenvalue weighted by atomic mass is 16.1. The zero-order valence-corrected chi connectivity index (χ0v) is 14.0. The van der Waals surface area contributed by atoms with Gasteiger partial charge in [-0.15, -0.1) is 0 Å². The molecule has 3 nitrogen and oxygen atoms in total. The summed E-state index contributed by atoms with van der Waals surface area (Å²) in [6.45, 7) is 5.87. The molecule has 0 saturated heterocycles. The lowest BCUT2D eigenvalue weighted by molar-refractivity contribution is -0.644. The number of amides is 1. The predicted octanol–water partition coefficient (Wildman–Crippen LogP) is 2.50. The van der Waals surface area contributed by atoms with Gasteiger partial charge in [-0.3, -0.25) is 4.79 Å². The molecular weight excluding hydrogens is 284 g/mol. The highest BCUT2D eigenvalue weighted by Crippen LogP contribution is 2.21. The third kappa shape index (κ3) is 5.87. The Hall–Kier alpha value is -2.13. The van der Waals surface area contributed by atoms with Gasteiger partial charge in [0.15, 0.2) is 6.54 Å². The molecule has 0 fully saturated rings. The molecule has 0 unspecified atom stereocenters. The summed E-state index contributed by atoms with van der Waals surface area (Å²) in [6.07, 6.45) is 1.13. The van der Waals surface area contributed by atoms with E-state index >= 15 is 0 Å². The maximum Gasteiger partial charge on any atom is 0.275 e. The number of nitrogens with one attached hydrogen (secondary N) is 1. The first-order valence-electron chi connectivity index (χ1n) is 8.37. The lowest BCUT2D eigenvalue weighted by Crippen LogP contribution is -2.86. The van der Waals surface area contributed by atoms with Gasteiger partial charge < -0.3 is 10.6 Å². The van der Waals surface area contributed by atoms with Crippen LogP contribution >= 0.6 is 0 Å². The van der Waals surface area contributed by atoms with Crippen molar-refractivity contribution in [1.29, 1.82) is 0 Å². The van der Waals surface area contributed by atoms with Gasteiger partial charge in [-0.1, -0.05) is 74.5 Å². The van der Waals surface area contributed by atoms with Gasteiger partial charge in [0.2, 0.25) is 0 Å². The van der Waals surface area contributed by atoms with Gasteiger partial charge >= 0.3 is 0 Å². The third-order valence-corrected chi connectivity index (χ3v) is 3.85. The number of carbonyl (C=O) groups is 1. The van der Waals surface area contributed by atoms with E-state index in [2.05, 4.69) is 48.7 Å². The zero-order chi connectivity index (χ0) is 16.5. The molecule has 0 aliphatic heterocycles. The van der Waals surface area contributed by atoms with Crippen LogP contribution < -0.4 is 10.6 Å². The number of carbonyl (C=O) groups excluding carboxylic acids is 1. The Balaban J connectivity index is 2.00. The average molecular weight is 311 g/mol. The minimum Gasteiger partial charge on any atom is -0.340 e. The van der Waals surface area contributed by atoms with Crippen molar-refractivity contribution in [3.05, 3.63) is 71.8 Å². The molecule has 0 aromatic heterocycles. The summed E-state index contributed by atoms with van der Waals surface area (Å²) in [5.74, 6) is 0.752. The lowest BCUT2D eigenvalue weighted by Gasteiger charge is -2.19. The van der Waals surface area contributed by atoms with Crippen LogP contribution in [-0.4, -0.2) is 19.0 Å². The largest absolute Gasteiger partial charge is 0.340 e. The summed E-state index contributed by atoms with van der Waals surface area (Å²) >= 11 is 0. The standard InChI is InChI=1S/C20H26N2O/c1-16(2)13-14-21-15-19(23)22-20(17-9-5-3-6-10-17)18-11-7-4-8-12-18/h3-12,16,20-21H,13-15H2,1-2H3,(H,22,23)/p+1. The Morgan fingerprint density at radius 1 is 0.957 bits per heavy atom. The van der Waals surface area contributed by atoms with E-state index in [9.17, 15) is 4.79 Å². The van der Waals surface area contributed by atoms with Crippen LogP contribution in [0.4, 0.5) is 0 Å². The van der Waals surface area contributed by atoms with Crippen LogP contribution in [-0.2, 0) is 4.79 Å². The van der Waals surface area contributed by atoms with E-state index in [1.807, 2.05) is 36.4 Å². The van der Waals surface area contributed by atoms with Crippen LogP contribution in [0.2, 0.25) is 0 Å². The first kappa shape index (κ1) is 17.2. The van der Waals surface area contributed by atoms with Crippen molar-refractivity contribution in [3.8, 4) is 0 Å². The van der Waals surface area contributed by atoms with Crippen molar-refractivity contribution in [2.45, 2.75) is 26.3 Å². The first-order valence-corrected chi connectivity index (χ1v) is 8.37. The number of rotatable bonds is 8. The van der Waals surface area contributed by atoms with Gasteiger partial charge in [0.1, 0.15) is 0 Å². The first-order chi connectivity index (χ1) is 11.2. The highest BCUT2D eigenvalue weighted by molar-refractivity contribution is 5.77. The van der Waals surface area contributed by atoms with E-state index in [0.717, 1.165) is 24.1 Å². The molecule has 0 saturated carbocycles. The van der Waals surface area contributed by atoms with Crippen molar-refractivity contribution in [2.75, 3.05) is 13.1 Å². The number of benzene rings is 2. The fourth-order valence-corrected chi connectivity index (χ4v) is 2.55. The predicted molar refractivity (Wildman–Crippen MR) is 94.0 cm³/mol. The maximum absolute atomic E-state index is 12.3. The van der Waals surface area contributed by atoms with Crippen molar-refractivity contribution in [1.82, 2.24) is 5.32 Å². The Morgan fingerprint density at radius 3 is 1.96 bits per heavy atom. The summed E-state index contributed by atoms with van der Waals surface area (Å²) in [5, 5.41) is 5.25. The molecule has 0 radical (unpaired) electrons. The van der Waals surface area contributed by atoms with Crippen LogP contribution in [0, 0.1) is 5.92 Å². The van der Waals surface area contributed by atoms with E-state index in [-0.39, 0.29) is 11.9 Å². The number of hydrogen-bond acceptors (Lipinski definition) is 1. The molecule has 2 aromatic rings. The van der Waals surface area contributed by atoms with Crippen LogP contribution in [0.1, 0.15) is 37.4 Å². The Morgan fingerprint density at radius 2 is 1.48 bits per heavy atom. The average Bonchev–Trinajstić information content (AvgIpc) is 2.58. The molecular formula is C20H27N2O+. The van der Waals surface area contributed by atoms with Gasteiger partial charge in [0.25, 0.3) is 5.91 Å². The Kier molecular flexibility index (Phi) is 6.82. The van der Waals surface area contributed by atoms with Crippen molar-refractivity contribution >= 4 is 5.91 Å². The number of hydrogen-bond donors (Lipinski definition) is 2. The van der Waals surface area contributed by atoms with E-state index in [0.29, 0.717) is 12.5 Å². The zero-order valence-electron chi connectivity index (χ0n) is 14.0. The van der Waals surface area contributed by atoms with Crippen molar-refractivity contribution in [2.24, 2.45) is 5.92 Å². The second-order valence-electron chi connectivity index (χ2n) is 6.29. The van der Waals surface area contributed by atoms with Crippen LogP contribution in [0.3, 0.4) is 0 Å². The smallest absolute Gasteiger partial charge is 0.275 e. The van der Waals surface area contributed by atoms with E-state index < -0.39 is 0 Å². The molecule has 0 heterocycles. The van der Waals surface area contributed by atoms with E-state index in [1.54, 1.807) is 0 Å². The second-order valence-corrected chi connectivity index (χ2v) is 6.29. The summed E-state index contributed by atoms with van der Waals surface area (Å²) < 4.78 is 0. The number of nitrogens with two attached hydrogens (primary N) is 1. The Bertz CT molecular complexity index is 542. The molecule has 2 aromatic carbocycles. The topological polar surface area (TPSA) is 45.7 Å². The van der Waals surface area contributed by atoms with Crippen molar-refractivity contribution in [3.63, 3.8) is 0 Å². The van der Waals surface area contributed by atoms with Crippen LogP contribution in [0.25, 0.3) is 0 Å². The SMILES string of the molecule is CC(C)CC[NH2+]CC(=O)NC(c1ccccc1)c1ccccc1. The molecule has 2 rings (SSSR count). The normalized spacial score (nSPS) is 11.0. The van der Waals surface area contributed by atoms with E-state index in [1.165, 1.54) is 0 Å².